The second-order valence-electron chi connectivity index (χ2n) is 6.63. The lowest BCUT2D eigenvalue weighted by Crippen LogP contribution is -2.27. The van der Waals surface area contributed by atoms with Crippen LogP contribution in [0.3, 0.4) is 0 Å². The number of ether oxygens (including phenoxy) is 2. The Labute approximate surface area is 164 Å². The van der Waals surface area contributed by atoms with Crippen molar-refractivity contribution >= 4 is 22.8 Å². The minimum Gasteiger partial charge on any atom is -0.394 e. The number of H-pyrrole nitrogens is 1. The molecule has 0 amide bonds. The third kappa shape index (κ3) is 4.55. The fraction of sp³-hybridized carbons (Fsp3) is 0.562. The van der Waals surface area contributed by atoms with Crippen LogP contribution >= 0.6 is 0 Å². The minimum atomic E-state index is -0.634. The standard InChI is InChI=1S/C16H22N8O5/c1-8(26)3-19-4-9-5-24(14-13(9)15(27)22-16(17)21-14)12-2-10(11(6-25)29-12)28-7-20-23-18/h5,10-12,19,25H,2-4,6-7H2,1H3,(H3,17,21,22,27). The molecular weight excluding hydrogens is 384 g/mol. The summed E-state index contributed by atoms with van der Waals surface area (Å²) in [6, 6.07) is 0. The molecule has 3 rings (SSSR count). The van der Waals surface area contributed by atoms with Crippen LogP contribution in [0.4, 0.5) is 5.95 Å². The van der Waals surface area contributed by atoms with Crippen LogP contribution in [-0.4, -0.2) is 57.5 Å². The van der Waals surface area contributed by atoms with Gasteiger partial charge in [0.2, 0.25) is 5.95 Å². The number of aromatic amines is 1. The van der Waals surface area contributed by atoms with Gasteiger partial charge in [0, 0.05) is 24.1 Å². The summed E-state index contributed by atoms with van der Waals surface area (Å²) in [5.41, 5.74) is 14.6. The maximum atomic E-state index is 12.5. The topological polar surface area (TPSA) is 193 Å². The summed E-state index contributed by atoms with van der Waals surface area (Å²) >= 11 is 0. The highest BCUT2D eigenvalue weighted by atomic mass is 16.6. The lowest BCUT2D eigenvalue weighted by atomic mass is 10.2. The highest BCUT2D eigenvalue weighted by Crippen LogP contribution is 2.33. The Morgan fingerprint density at radius 3 is 3.14 bits per heavy atom. The van der Waals surface area contributed by atoms with Gasteiger partial charge in [-0.2, -0.15) is 4.98 Å². The number of azide groups is 1. The number of nitrogens with zero attached hydrogens (tertiary/aromatic N) is 5. The van der Waals surface area contributed by atoms with Crippen molar-refractivity contribution in [1.29, 1.82) is 0 Å². The number of rotatable bonds is 9. The van der Waals surface area contributed by atoms with Gasteiger partial charge in [0.1, 0.15) is 24.8 Å². The van der Waals surface area contributed by atoms with E-state index in [-0.39, 0.29) is 38.2 Å². The van der Waals surface area contributed by atoms with E-state index in [0.717, 1.165) is 0 Å². The Kier molecular flexibility index (Phi) is 6.46. The van der Waals surface area contributed by atoms with Crippen LogP contribution in [0.15, 0.2) is 16.1 Å². The quantitative estimate of drug-likeness (QED) is 0.252. The van der Waals surface area contributed by atoms with Crippen molar-refractivity contribution in [2.45, 2.75) is 38.3 Å². The van der Waals surface area contributed by atoms with Gasteiger partial charge in [0.15, 0.2) is 5.65 Å². The number of nitrogens with two attached hydrogens (primary N) is 1. The van der Waals surface area contributed by atoms with Crippen LogP contribution in [0.5, 0.6) is 0 Å². The molecule has 3 unspecified atom stereocenters. The van der Waals surface area contributed by atoms with E-state index in [0.29, 0.717) is 23.0 Å². The summed E-state index contributed by atoms with van der Waals surface area (Å²) < 4.78 is 13.0. The molecule has 1 fully saturated rings. The molecule has 2 aromatic rings. The van der Waals surface area contributed by atoms with Crippen LogP contribution in [0, 0.1) is 0 Å². The molecule has 3 atom stereocenters. The van der Waals surface area contributed by atoms with Crippen molar-refractivity contribution in [3.05, 3.63) is 32.6 Å². The molecule has 0 spiro atoms. The zero-order chi connectivity index (χ0) is 21.0. The number of anilines is 1. The average Bonchev–Trinajstić information content (AvgIpc) is 3.23. The summed E-state index contributed by atoms with van der Waals surface area (Å²) in [5, 5.41) is 16.2. The molecular formula is C16H22N8O5. The Balaban J connectivity index is 1.93. The second-order valence-corrected chi connectivity index (χ2v) is 6.63. The van der Waals surface area contributed by atoms with Crippen LogP contribution in [0.25, 0.3) is 21.5 Å². The number of hydrogen-bond acceptors (Lipinski definition) is 9. The number of aromatic nitrogens is 3. The normalized spacial score (nSPS) is 21.4. The first-order chi connectivity index (χ1) is 13.9. The van der Waals surface area contributed by atoms with Crippen molar-refractivity contribution < 1.29 is 19.4 Å². The Morgan fingerprint density at radius 2 is 2.45 bits per heavy atom. The van der Waals surface area contributed by atoms with Gasteiger partial charge in [-0.15, -0.1) is 0 Å². The predicted octanol–water partition coefficient (Wildman–Crippen LogP) is -0.0818. The van der Waals surface area contributed by atoms with E-state index in [1.54, 1.807) is 10.8 Å². The average molecular weight is 406 g/mol. The van der Waals surface area contributed by atoms with E-state index in [2.05, 4.69) is 25.3 Å². The van der Waals surface area contributed by atoms with Gasteiger partial charge in [-0.3, -0.25) is 14.6 Å². The number of nitrogens with one attached hydrogen (secondary N) is 2. The summed E-state index contributed by atoms with van der Waals surface area (Å²) in [5.74, 6) is -0.0760. The number of Topliss-reactive ketones (excluding diaryl/α,β-unsaturated/α-hetero) is 1. The van der Waals surface area contributed by atoms with E-state index in [1.165, 1.54) is 6.92 Å². The highest BCUT2D eigenvalue weighted by molar-refractivity contribution is 5.81. The third-order valence-electron chi connectivity index (χ3n) is 4.55. The van der Waals surface area contributed by atoms with Crippen LogP contribution in [0.1, 0.15) is 25.1 Å². The maximum Gasteiger partial charge on any atom is 0.262 e. The molecule has 13 nitrogen and oxygen atoms in total. The van der Waals surface area contributed by atoms with Gasteiger partial charge in [-0.1, -0.05) is 5.11 Å². The van der Waals surface area contributed by atoms with Crippen molar-refractivity contribution in [3.63, 3.8) is 0 Å². The van der Waals surface area contributed by atoms with E-state index < -0.39 is 24.0 Å². The van der Waals surface area contributed by atoms with Crippen LogP contribution in [0.2, 0.25) is 0 Å². The van der Waals surface area contributed by atoms with Crippen molar-refractivity contribution in [3.8, 4) is 0 Å². The van der Waals surface area contributed by atoms with Gasteiger partial charge in [0.05, 0.1) is 24.6 Å². The molecule has 1 saturated heterocycles. The molecule has 3 heterocycles. The van der Waals surface area contributed by atoms with Gasteiger partial charge >= 0.3 is 0 Å². The lowest BCUT2D eigenvalue weighted by molar-refractivity contribution is -0.116. The van der Waals surface area contributed by atoms with Crippen molar-refractivity contribution in [2.24, 2.45) is 5.11 Å². The number of hydrogen-bond donors (Lipinski definition) is 4. The smallest absolute Gasteiger partial charge is 0.262 e. The van der Waals surface area contributed by atoms with Crippen molar-refractivity contribution in [1.82, 2.24) is 19.9 Å². The molecule has 1 aliphatic rings. The first-order valence-corrected chi connectivity index (χ1v) is 8.92. The number of nitrogen functional groups attached to an aromatic ring is 1. The molecule has 156 valence electrons. The molecule has 2 aromatic heterocycles. The Bertz CT molecular complexity index is 995. The van der Waals surface area contributed by atoms with E-state index in [1.807, 2.05) is 0 Å². The molecule has 0 radical (unpaired) electrons. The fourth-order valence-corrected chi connectivity index (χ4v) is 3.34. The fourth-order valence-electron chi connectivity index (χ4n) is 3.34. The largest absolute Gasteiger partial charge is 0.394 e. The molecule has 13 heteroatoms. The molecule has 0 saturated carbocycles. The summed E-state index contributed by atoms with van der Waals surface area (Å²) in [6.07, 6.45) is 0.316. The number of ketones is 1. The summed E-state index contributed by atoms with van der Waals surface area (Å²) in [6.45, 7) is 1.41. The highest BCUT2D eigenvalue weighted by Gasteiger charge is 2.37. The molecule has 0 aromatic carbocycles. The number of carbonyl (C=O) groups excluding carboxylic acids is 1. The second kappa shape index (κ2) is 9.03. The Hall–Kier alpha value is -2.96. The summed E-state index contributed by atoms with van der Waals surface area (Å²) in [7, 11) is 0. The van der Waals surface area contributed by atoms with E-state index in [9.17, 15) is 14.7 Å². The Morgan fingerprint density at radius 1 is 1.66 bits per heavy atom. The van der Waals surface area contributed by atoms with Crippen molar-refractivity contribution in [2.75, 3.05) is 25.6 Å². The molecule has 1 aliphatic heterocycles. The predicted molar refractivity (Wildman–Crippen MR) is 102 cm³/mol. The van der Waals surface area contributed by atoms with Gasteiger partial charge in [0.25, 0.3) is 5.56 Å². The SMILES string of the molecule is CC(=O)CNCc1cn(C2CC(OCN=[N+]=[N-])C(CO)O2)c2nc(N)[nH]c(=O)c12. The molecule has 0 aliphatic carbocycles. The van der Waals surface area contributed by atoms with E-state index in [4.69, 9.17) is 20.7 Å². The zero-order valence-corrected chi connectivity index (χ0v) is 15.7. The maximum absolute atomic E-state index is 12.5. The van der Waals surface area contributed by atoms with Crippen LogP contribution in [-0.2, 0) is 20.8 Å². The number of carbonyl (C=O) groups is 1. The summed E-state index contributed by atoms with van der Waals surface area (Å²) in [4.78, 5) is 33.0. The van der Waals surface area contributed by atoms with E-state index >= 15 is 0 Å². The zero-order valence-electron chi connectivity index (χ0n) is 15.7. The molecule has 29 heavy (non-hydrogen) atoms. The number of aliphatic hydroxyl groups excluding tert-OH is 1. The number of fused-ring (bicyclic) bond motifs is 1. The first-order valence-electron chi connectivity index (χ1n) is 8.92. The van der Waals surface area contributed by atoms with Gasteiger partial charge in [-0.05, 0) is 18.0 Å². The number of aliphatic hydroxyl groups is 1. The third-order valence-corrected chi connectivity index (χ3v) is 4.55. The monoisotopic (exact) mass is 406 g/mol. The minimum absolute atomic E-state index is 0.0325. The van der Waals surface area contributed by atoms with Crippen LogP contribution < -0.4 is 16.6 Å². The van der Waals surface area contributed by atoms with Gasteiger partial charge in [-0.25, -0.2) is 0 Å². The molecule has 0 bridgehead atoms. The first kappa shape index (κ1) is 20.8. The molecule has 5 N–H and O–H groups in total. The lowest BCUT2D eigenvalue weighted by Gasteiger charge is -2.15. The van der Waals surface area contributed by atoms with Gasteiger partial charge < -0.3 is 30.2 Å².